The Hall–Kier alpha value is -1.65. The van der Waals surface area contributed by atoms with Crippen LogP contribution in [0.3, 0.4) is 0 Å². The van der Waals surface area contributed by atoms with Gasteiger partial charge in [-0.25, -0.2) is 4.99 Å². The van der Waals surface area contributed by atoms with E-state index in [1.165, 1.54) is 19.9 Å². The first-order chi connectivity index (χ1) is 11.6. The number of nitrogens with one attached hydrogen (secondary N) is 1. The van der Waals surface area contributed by atoms with Crippen LogP contribution in [-0.4, -0.2) is 64.5 Å². The Morgan fingerprint density at radius 1 is 1.56 bits per heavy atom. The van der Waals surface area contributed by atoms with Gasteiger partial charge in [0.05, 0.1) is 24.8 Å². The number of amides is 1. The molecule has 8 N–H and O–H groups in total. The minimum Gasteiger partial charge on any atom is -0.478 e. The molecule has 1 heterocycles. The molecule has 0 aromatic rings. The van der Waals surface area contributed by atoms with Crippen LogP contribution < -0.4 is 16.8 Å². The van der Waals surface area contributed by atoms with Crippen molar-refractivity contribution in [2.24, 2.45) is 16.5 Å². The normalized spacial score (nSPS) is 26.6. The molecule has 12 heteroatoms. The molecule has 1 aliphatic heterocycles. The second-order valence-electron chi connectivity index (χ2n) is 5.38. The van der Waals surface area contributed by atoms with Crippen molar-refractivity contribution >= 4 is 19.5 Å². The number of nitrogens with zero attached hydrogens (tertiary/aromatic N) is 1. The van der Waals surface area contributed by atoms with E-state index in [0.29, 0.717) is 0 Å². The minimum atomic E-state index is -4.30. The molecule has 0 aliphatic carbocycles. The molecule has 11 nitrogen and oxygen atoms in total. The third-order valence-electron chi connectivity index (χ3n) is 3.35. The highest BCUT2D eigenvalue weighted by Crippen LogP contribution is 2.53. The number of ether oxygens (including phenoxy) is 1. The van der Waals surface area contributed by atoms with Crippen LogP contribution in [0.15, 0.2) is 16.6 Å². The number of aliphatic hydroxyl groups is 2. The summed E-state index contributed by atoms with van der Waals surface area (Å²) < 4.78 is 22.5. The summed E-state index contributed by atoms with van der Waals surface area (Å²) in [7, 11) is -4.30. The molecule has 0 bridgehead atoms. The summed E-state index contributed by atoms with van der Waals surface area (Å²) in [5.74, 6) is -0.767. The molecule has 0 saturated carbocycles. The maximum absolute atomic E-state index is 12.3. The van der Waals surface area contributed by atoms with Crippen LogP contribution in [0.5, 0.6) is 0 Å². The fraction of sp³-hybridized carbons (Fsp3) is 0.692. The Bertz CT molecular complexity index is 579. The van der Waals surface area contributed by atoms with Gasteiger partial charge >= 0.3 is 7.60 Å². The smallest absolute Gasteiger partial charge is 0.392 e. The van der Waals surface area contributed by atoms with Crippen LogP contribution in [-0.2, 0) is 18.6 Å². The molecule has 0 saturated heterocycles. The quantitative estimate of drug-likeness (QED) is 0.162. The Morgan fingerprint density at radius 2 is 2.20 bits per heavy atom. The van der Waals surface area contributed by atoms with Gasteiger partial charge < -0.3 is 41.2 Å². The van der Waals surface area contributed by atoms with Crippen molar-refractivity contribution in [3.05, 3.63) is 11.6 Å². The first-order valence-electron chi connectivity index (χ1n) is 7.63. The lowest BCUT2D eigenvalue weighted by Crippen LogP contribution is -2.57. The van der Waals surface area contributed by atoms with Crippen LogP contribution >= 0.6 is 7.60 Å². The molecule has 0 radical (unpaired) electrons. The van der Waals surface area contributed by atoms with E-state index in [-0.39, 0.29) is 25.6 Å². The number of carbonyl (C=O) groups excluding carboxylic acids is 1. The Morgan fingerprint density at radius 3 is 2.68 bits per heavy atom. The van der Waals surface area contributed by atoms with Gasteiger partial charge in [-0.3, -0.25) is 9.36 Å². The lowest BCUT2D eigenvalue weighted by molar-refractivity contribution is -0.122. The van der Waals surface area contributed by atoms with Gasteiger partial charge in [-0.2, -0.15) is 0 Å². The average molecular weight is 380 g/mol. The molecule has 0 aromatic heterocycles. The molecule has 0 aromatic carbocycles. The topological polar surface area (TPSA) is 190 Å². The van der Waals surface area contributed by atoms with E-state index in [2.05, 4.69) is 10.3 Å². The van der Waals surface area contributed by atoms with Crippen LogP contribution in [0.1, 0.15) is 20.3 Å². The highest BCUT2D eigenvalue weighted by atomic mass is 31.2. The first kappa shape index (κ1) is 21.4. The van der Waals surface area contributed by atoms with Gasteiger partial charge in [-0.05, 0) is 13.0 Å². The number of nitrogens with two attached hydrogens (primary N) is 2. The molecule has 5 atom stereocenters. The summed E-state index contributed by atoms with van der Waals surface area (Å²) >= 11 is 0. The van der Waals surface area contributed by atoms with Crippen molar-refractivity contribution < 1.29 is 33.7 Å². The monoisotopic (exact) mass is 380 g/mol. The Balaban J connectivity index is 3.34. The number of aliphatic hydroxyl groups excluding tert-OH is 2. The van der Waals surface area contributed by atoms with E-state index in [9.17, 15) is 19.4 Å². The number of hydrogen-bond donors (Lipinski definition) is 6. The van der Waals surface area contributed by atoms with Gasteiger partial charge in [0, 0.05) is 20.0 Å². The van der Waals surface area contributed by atoms with Crippen molar-refractivity contribution in [3.63, 3.8) is 0 Å². The molecule has 144 valence electrons. The van der Waals surface area contributed by atoms with Gasteiger partial charge in [0.1, 0.15) is 6.10 Å². The highest BCUT2D eigenvalue weighted by Gasteiger charge is 2.44. The van der Waals surface area contributed by atoms with E-state index in [0.717, 1.165) is 0 Å². The zero-order valence-corrected chi connectivity index (χ0v) is 14.9. The summed E-state index contributed by atoms with van der Waals surface area (Å²) in [6.07, 6.45) is -1.36. The average Bonchev–Trinajstić information content (AvgIpc) is 2.47. The lowest BCUT2D eigenvalue weighted by atomic mass is 9.94. The number of aliphatic imine (C=N–C) groups is 1. The van der Waals surface area contributed by atoms with Gasteiger partial charge in [0.25, 0.3) is 0 Å². The molecule has 3 unspecified atom stereocenters. The fourth-order valence-corrected chi connectivity index (χ4v) is 3.48. The summed E-state index contributed by atoms with van der Waals surface area (Å²) in [4.78, 5) is 25.4. The van der Waals surface area contributed by atoms with Gasteiger partial charge in [-0.1, -0.05) is 0 Å². The van der Waals surface area contributed by atoms with Crippen molar-refractivity contribution in [2.45, 2.75) is 44.6 Å². The molecule has 1 amide bonds. The van der Waals surface area contributed by atoms with Crippen LogP contribution in [0, 0.1) is 0 Å². The van der Waals surface area contributed by atoms with Gasteiger partial charge in [-0.15, -0.1) is 0 Å². The minimum absolute atomic E-state index is 0.0551. The largest absolute Gasteiger partial charge is 0.478 e. The molecule has 1 rings (SSSR count). The van der Waals surface area contributed by atoms with E-state index in [1.54, 1.807) is 0 Å². The van der Waals surface area contributed by atoms with E-state index >= 15 is 0 Å². The summed E-state index contributed by atoms with van der Waals surface area (Å²) in [5.41, 5.74) is 10.3. The number of hydrogen-bond acceptors (Lipinski definition) is 7. The van der Waals surface area contributed by atoms with Gasteiger partial charge in [0.15, 0.2) is 5.96 Å². The molecule has 0 fully saturated rings. The fourth-order valence-electron chi connectivity index (χ4n) is 2.40. The molecular weight excluding hydrogens is 355 g/mol. The highest BCUT2D eigenvalue weighted by molar-refractivity contribution is 7.57. The van der Waals surface area contributed by atoms with Gasteiger partial charge in [0.2, 0.25) is 11.4 Å². The van der Waals surface area contributed by atoms with Crippen LogP contribution in [0.25, 0.3) is 0 Å². The second-order valence-corrected chi connectivity index (χ2v) is 7.12. The zero-order chi connectivity index (χ0) is 19.2. The standard InChI is InChI=1S/C13H25N4O7P/c1-3-23-25(21,22)10-6-8(17-13(14)15)11(16-7(2)19)12(24-10)9(20)4-5-18/h6,8-9,11-12,18,20H,3-5H2,1-2H3,(H,16,19)(H,21,22)(H4,14,15,17)/t8-,9?,11?,12-/m0/s1. The summed E-state index contributed by atoms with van der Waals surface area (Å²) in [6, 6.07) is -1.90. The zero-order valence-electron chi connectivity index (χ0n) is 14.0. The molecule has 25 heavy (non-hydrogen) atoms. The molecule has 0 spiro atoms. The number of guanidine groups is 1. The molecular formula is C13H25N4O7P. The third-order valence-corrected chi connectivity index (χ3v) is 4.77. The first-order valence-corrected chi connectivity index (χ1v) is 9.21. The maximum Gasteiger partial charge on any atom is 0.392 e. The summed E-state index contributed by atoms with van der Waals surface area (Å²) in [6.45, 7) is 2.36. The summed E-state index contributed by atoms with van der Waals surface area (Å²) in [5, 5.41) is 21.8. The van der Waals surface area contributed by atoms with E-state index in [1.807, 2.05) is 0 Å². The Labute approximate surface area is 145 Å². The van der Waals surface area contributed by atoms with Crippen molar-refractivity contribution in [2.75, 3.05) is 13.2 Å². The van der Waals surface area contributed by atoms with Crippen LogP contribution in [0.2, 0.25) is 0 Å². The lowest BCUT2D eigenvalue weighted by Gasteiger charge is -2.38. The van der Waals surface area contributed by atoms with Crippen molar-refractivity contribution in [1.82, 2.24) is 5.32 Å². The Kier molecular flexibility index (Phi) is 7.84. The molecule has 1 aliphatic rings. The third kappa shape index (κ3) is 5.98. The van der Waals surface area contributed by atoms with Crippen molar-refractivity contribution in [3.8, 4) is 0 Å². The van der Waals surface area contributed by atoms with E-state index in [4.69, 9.17) is 25.8 Å². The predicted octanol–water partition coefficient (Wildman–Crippen LogP) is -1.66. The predicted molar refractivity (Wildman–Crippen MR) is 89.3 cm³/mol. The number of rotatable bonds is 8. The maximum atomic E-state index is 12.3. The van der Waals surface area contributed by atoms with E-state index < -0.39 is 43.3 Å². The van der Waals surface area contributed by atoms with Crippen molar-refractivity contribution in [1.29, 1.82) is 0 Å². The second kappa shape index (κ2) is 9.16. The number of carbonyl (C=O) groups is 1. The SMILES string of the molecule is CCOP(=O)(O)C1=C[C@H](N=C(N)N)C(NC(C)=O)[C@H](C(O)CCO)O1. The van der Waals surface area contributed by atoms with Crippen LogP contribution in [0.4, 0.5) is 0 Å².